The average Bonchev–Trinajstić information content (AvgIpc) is 1.79. The lowest BCUT2D eigenvalue weighted by molar-refractivity contribution is 0.605. The minimum Gasteiger partial charge on any atom is -0.388 e. The Balaban J connectivity index is 2.98. The van der Waals surface area contributed by atoms with Crippen LogP contribution in [0.1, 0.15) is 32.6 Å². The van der Waals surface area contributed by atoms with Gasteiger partial charge < -0.3 is 11.5 Å². The highest BCUT2D eigenvalue weighted by molar-refractivity contribution is 5.76. The van der Waals surface area contributed by atoms with E-state index < -0.39 is 0 Å². The molecule has 5 N–H and O–H groups in total. The summed E-state index contributed by atoms with van der Waals surface area (Å²) in [7, 11) is 0. The van der Waals surface area contributed by atoms with Crippen LogP contribution in [0.3, 0.4) is 0 Å². The van der Waals surface area contributed by atoms with Crippen LogP contribution in [-0.4, -0.2) is 11.9 Å². The summed E-state index contributed by atoms with van der Waals surface area (Å²) < 4.78 is 0. The van der Waals surface area contributed by atoms with Crippen LogP contribution in [0.4, 0.5) is 0 Å². The Morgan fingerprint density at radius 2 is 2.10 bits per heavy atom. The van der Waals surface area contributed by atoms with Gasteiger partial charge in [0.25, 0.3) is 0 Å². The van der Waals surface area contributed by atoms with Gasteiger partial charge in [0.1, 0.15) is 0 Å². The van der Waals surface area contributed by atoms with Crippen LogP contribution < -0.4 is 11.5 Å². The Morgan fingerprint density at radius 1 is 1.50 bits per heavy atom. The molecule has 0 heterocycles. The van der Waals surface area contributed by atoms with Gasteiger partial charge in [-0.15, -0.1) is 0 Å². The molecule has 0 spiro atoms. The zero-order valence-corrected chi connectivity index (χ0v) is 6.56. The summed E-state index contributed by atoms with van der Waals surface area (Å²) in [4.78, 5) is 0. The molecule has 0 aliphatic heterocycles. The van der Waals surface area contributed by atoms with Gasteiger partial charge in [-0.3, -0.25) is 5.41 Å². The topological polar surface area (TPSA) is 75.9 Å². The van der Waals surface area contributed by atoms with Crippen LogP contribution in [0.15, 0.2) is 0 Å². The number of amidine groups is 1. The van der Waals surface area contributed by atoms with E-state index in [1.807, 2.05) is 6.92 Å². The number of nitrogens with two attached hydrogens (primary N) is 2. The molecule has 60 valence electrons. The third kappa shape index (κ3) is 7.43. The summed E-state index contributed by atoms with van der Waals surface area (Å²) in [5, 5.41) is 6.93. The van der Waals surface area contributed by atoms with Crippen molar-refractivity contribution >= 4 is 5.84 Å². The van der Waals surface area contributed by atoms with Crippen molar-refractivity contribution in [2.75, 3.05) is 0 Å². The molecule has 0 bridgehead atoms. The minimum absolute atomic E-state index is 0.282. The fraction of sp³-hybridized carbons (Fsp3) is 0.857. The van der Waals surface area contributed by atoms with Gasteiger partial charge in [0, 0.05) is 12.5 Å². The predicted octanol–water partition coefficient (Wildman–Crippen LogP) is 0.830. The first-order valence-corrected chi connectivity index (χ1v) is 3.71. The highest BCUT2D eigenvalue weighted by Crippen LogP contribution is 2.00. The molecule has 0 radical (unpaired) electrons. The van der Waals surface area contributed by atoms with Crippen molar-refractivity contribution in [2.45, 2.75) is 38.6 Å². The van der Waals surface area contributed by atoms with E-state index in [0.717, 1.165) is 19.3 Å². The first kappa shape index (κ1) is 9.43. The van der Waals surface area contributed by atoms with E-state index in [9.17, 15) is 0 Å². The Kier molecular flexibility index (Phi) is 4.94. The lowest BCUT2D eigenvalue weighted by Gasteiger charge is -2.02. The first-order valence-electron chi connectivity index (χ1n) is 3.71. The highest BCUT2D eigenvalue weighted by atomic mass is 14.7. The summed E-state index contributed by atoms with van der Waals surface area (Å²) in [5.41, 5.74) is 10.7. The monoisotopic (exact) mass is 143 g/mol. The van der Waals surface area contributed by atoms with Gasteiger partial charge in [-0.05, 0) is 19.8 Å². The van der Waals surface area contributed by atoms with Crippen molar-refractivity contribution < 1.29 is 0 Å². The van der Waals surface area contributed by atoms with Gasteiger partial charge in [-0.2, -0.15) is 0 Å². The van der Waals surface area contributed by atoms with Crippen LogP contribution in [0.25, 0.3) is 0 Å². The van der Waals surface area contributed by atoms with Crippen LogP contribution in [0.5, 0.6) is 0 Å². The third-order valence-electron chi connectivity index (χ3n) is 1.36. The number of unbranched alkanes of at least 4 members (excludes halogenated alkanes) is 1. The van der Waals surface area contributed by atoms with Crippen LogP contribution >= 0.6 is 0 Å². The molecule has 0 aromatic heterocycles. The number of nitrogens with one attached hydrogen (secondary N) is 1. The van der Waals surface area contributed by atoms with Crippen molar-refractivity contribution in [3.05, 3.63) is 0 Å². The zero-order valence-electron chi connectivity index (χ0n) is 6.56. The van der Waals surface area contributed by atoms with Crippen molar-refractivity contribution in [1.82, 2.24) is 0 Å². The SMILES string of the molecule is C[C@H](N)CCCCC(=N)N. The van der Waals surface area contributed by atoms with Crippen LogP contribution in [-0.2, 0) is 0 Å². The number of hydrogen-bond donors (Lipinski definition) is 3. The third-order valence-corrected chi connectivity index (χ3v) is 1.36. The number of rotatable bonds is 5. The van der Waals surface area contributed by atoms with Crippen molar-refractivity contribution in [2.24, 2.45) is 11.5 Å². The molecule has 0 fully saturated rings. The Bertz CT molecular complexity index is 99.0. The Morgan fingerprint density at radius 3 is 2.50 bits per heavy atom. The molecule has 1 atom stereocenters. The van der Waals surface area contributed by atoms with Crippen LogP contribution in [0.2, 0.25) is 0 Å². The molecule has 0 aromatic carbocycles. The van der Waals surface area contributed by atoms with E-state index >= 15 is 0 Å². The minimum atomic E-state index is 0.282. The van der Waals surface area contributed by atoms with E-state index in [4.69, 9.17) is 16.9 Å². The molecule has 3 nitrogen and oxygen atoms in total. The van der Waals surface area contributed by atoms with E-state index in [-0.39, 0.29) is 11.9 Å². The summed E-state index contributed by atoms with van der Waals surface area (Å²) in [5.74, 6) is 0.282. The molecule has 0 saturated heterocycles. The summed E-state index contributed by atoms with van der Waals surface area (Å²) in [6.07, 6.45) is 3.83. The normalized spacial score (nSPS) is 13.0. The molecule has 10 heavy (non-hydrogen) atoms. The molecule has 0 aliphatic rings. The van der Waals surface area contributed by atoms with E-state index in [2.05, 4.69) is 0 Å². The first-order chi connectivity index (χ1) is 4.63. The molecule has 3 heteroatoms. The van der Waals surface area contributed by atoms with Crippen molar-refractivity contribution in [3.63, 3.8) is 0 Å². The van der Waals surface area contributed by atoms with Gasteiger partial charge in [-0.25, -0.2) is 0 Å². The molecule has 0 amide bonds. The van der Waals surface area contributed by atoms with E-state index in [1.165, 1.54) is 0 Å². The maximum atomic E-state index is 6.93. The maximum absolute atomic E-state index is 6.93. The second kappa shape index (κ2) is 5.23. The summed E-state index contributed by atoms with van der Waals surface area (Å²) in [6, 6.07) is 0.284. The molecular weight excluding hydrogens is 126 g/mol. The van der Waals surface area contributed by atoms with Gasteiger partial charge in [0.15, 0.2) is 0 Å². The average molecular weight is 143 g/mol. The standard InChI is InChI=1S/C7H17N3/c1-6(8)4-2-3-5-7(9)10/h6H,2-5,8H2,1H3,(H3,9,10)/t6-/m0/s1. The van der Waals surface area contributed by atoms with E-state index in [1.54, 1.807) is 0 Å². The second-order valence-corrected chi connectivity index (χ2v) is 2.75. The quantitative estimate of drug-likeness (QED) is 0.303. The number of hydrogen-bond acceptors (Lipinski definition) is 2. The van der Waals surface area contributed by atoms with Crippen molar-refractivity contribution in [3.8, 4) is 0 Å². The van der Waals surface area contributed by atoms with Crippen molar-refractivity contribution in [1.29, 1.82) is 5.41 Å². The molecule has 0 aromatic rings. The summed E-state index contributed by atoms with van der Waals surface area (Å²) in [6.45, 7) is 1.99. The summed E-state index contributed by atoms with van der Waals surface area (Å²) >= 11 is 0. The Hall–Kier alpha value is -0.570. The predicted molar refractivity (Wildman–Crippen MR) is 44.0 cm³/mol. The molecule has 0 unspecified atom stereocenters. The maximum Gasteiger partial charge on any atom is 0.0905 e. The smallest absolute Gasteiger partial charge is 0.0905 e. The fourth-order valence-electron chi connectivity index (χ4n) is 0.782. The van der Waals surface area contributed by atoms with Gasteiger partial charge in [0.05, 0.1) is 5.84 Å². The lowest BCUT2D eigenvalue weighted by Crippen LogP contribution is -2.15. The zero-order chi connectivity index (χ0) is 7.98. The lowest BCUT2D eigenvalue weighted by atomic mass is 10.1. The van der Waals surface area contributed by atoms with Gasteiger partial charge >= 0.3 is 0 Å². The fourth-order valence-corrected chi connectivity index (χ4v) is 0.782. The van der Waals surface area contributed by atoms with Gasteiger partial charge in [-0.1, -0.05) is 6.42 Å². The van der Waals surface area contributed by atoms with E-state index in [0.29, 0.717) is 6.42 Å². The second-order valence-electron chi connectivity index (χ2n) is 2.75. The molecular formula is C7H17N3. The molecule has 0 aliphatic carbocycles. The molecule has 0 rings (SSSR count). The van der Waals surface area contributed by atoms with Gasteiger partial charge in [0.2, 0.25) is 0 Å². The highest BCUT2D eigenvalue weighted by Gasteiger charge is 1.94. The largest absolute Gasteiger partial charge is 0.388 e. The Labute approximate surface area is 62.3 Å². The van der Waals surface area contributed by atoms with Crippen LogP contribution in [0, 0.1) is 5.41 Å². The molecule has 0 saturated carbocycles.